The molecular weight excluding hydrogens is 451 g/mol. The van der Waals surface area contributed by atoms with E-state index in [1.807, 2.05) is 27.7 Å². The van der Waals surface area contributed by atoms with Gasteiger partial charge in [-0.1, -0.05) is 65.0 Å². The molecule has 3 atom stereocenters. The molecular formula is C20H38ClO9P. The molecule has 11 heteroatoms. The highest BCUT2D eigenvalue weighted by atomic mass is 35.5. The number of alkyl halides is 1. The van der Waals surface area contributed by atoms with Crippen LogP contribution in [0, 0.1) is 0 Å². The van der Waals surface area contributed by atoms with Gasteiger partial charge in [-0.25, -0.2) is 9.78 Å². The molecule has 0 aromatic rings. The lowest BCUT2D eigenvalue weighted by Gasteiger charge is -2.24. The molecule has 0 aromatic carbocycles. The van der Waals surface area contributed by atoms with E-state index in [2.05, 4.69) is 0 Å². The van der Waals surface area contributed by atoms with Crippen LogP contribution < -0.4 is 0 Å². The molecule has 3 unspecified atom stereocenters. The highest BCUT2D eigenvalue weighted by molar-refractivity contribution is 7.55. The highest BCUT2D eigenvalue weighted by Crippen LogP contribution is 2.55. The van der Waals surface area contributed by atoms with E-state index in [0.717, 1.165) is 19.3 Å². The second kappa shape index (κ2) is 18.8. The monoisotopic (exact) mass is 488 g/mol. The van der Waals surface area contributed by atoms with Gasteiger partial charge in [-0.05, 0) is 25.7 Å². The number of halogens is 1. The molecule has 0 heterocycles. The molecule has 0 radical (unpaired) electrons. The molecule has 0 saturated heterocycles. The topological polar surface area (TPSA) is 107 Å². The van der Waals surface area contributed by atoms with Gasteiger partial charge in [0.05, 0.1) is 26.2 Å². The van der Waals surface area contributed by atoms with Crippen molar-refractivity contribution in [2.24, 2.45) is 0 Å². The number of rotatable bonds is 20. The first-order chi connectivity index (χ1) is 14.8. The zero-order valence-corrected chi connectivity index (χ0v) is 20.8. The molecule has 0 aliphatic rings. The maximum absolute atomic E-state index is 13.5. The van der Waals surface area contributed by atoms with Gasteiger partial charge in [0.15, 0.2) is 11.2 Å². The van der Waals surface area contributed by atoms with E-state index < -0.39 is 37.2 Å². The number of carbonyl (C=O) groups excluding carboxylic acids is 2. The van der Waals surface area contributed by atoms with Crippen molar-refractivity contribution in [3.63, 3.8) is 0 Å². The number of unbranched alkanes of at least 4 members (excludes halogenated alkanes) is 3. The Bertz CT molecular complexity index is 533. The molecule has 0 fully saturated rings. The van der Waals surface area contributed by atoms with Gasteiger partial charge < -0.3 is 9.47 Å². The molecule has 0 amide bonds. The zero-order valence-electron chi connectivity index (χ0n) is 19.1. The Balaban J connectivity index is 5.48. The van der Waals surface area contributed by atoms with Gasteiger partial charge in [0.25, 0.3) is 0 Å². The lowest BCUT2D eigenvalue weighted by Crippen LogP contribution is -2.30. The van der Waals surface area contributed by atoms with Crippen LogP contribution in [0.15, 0.2) is 0 Å². The van der Waals surface area contributed by atoms with Crippen molar-refractivity contribution < 1.29 is 42.8 Å². The molecule has 0 spiro atoms. The van der Waals surface area contributed by atoms with Gasteiger partial charge in [0.1, 0.15) is 0 Å². The Kier molecular flexibility index (Phi) is 18.4. The molecule has 0 saturated carbocycles. The Morgan fingerprint density at radius 1 is 0.839 bits per heavy atom. The van der Waals surface area contributed by atoms with Crippen LogP contribution in [0.25, 0.3) is 0 Å². The van der Waals surface area contributed by atoms with E-state index in [4.69, 9.17) is 40.2 Å². The van der Waals surface area contributed by atoms with E-state index in [0.29, 0.717) is 32.1 Å². The first kappa shape index (κ1) is 30.3. The van der Waals surface area contributed by atoms with Gasteiger partial charge in [0, 0.05) is 0 Å². The molecule has 0 bridgehead atoms. The van der Waals surface area contributed by atoms with Crippen LogP contribution in [-0.2, 0) is 42.8 Å². The molecule has 0 aliphatic carbocycles. The Labute approximate surface area is 190 Å². The van der Waals surface area contributed by atoms with Gasteiger partial charge in [-0.3, -0.25) is 14.2 Å². The predicted octanol–water partition coefficient (Wildman–Crippen LogP) is 5.69. The lowest BCUT2D eigenvalue weighted by molar-refractivity contribution is -0.276. The Morgan fingerprint density at radius 3 is 2.00 bits per heavy atom. The minimum atomic E-state index is -4.45. The molecule has 0 rings (SSSR count). The summed E-state index contributed by atoms with van der Waals surface area (Å²) in [5.74, 6) is -1.66. The van der Waals surface area contributed by atoms with Crippen molar-refractivity contribution in [3.05, 3.63) is 0 Å². The number of ether oxygens (including phenoxy) is 2. The van der Waals surface area contributed by atoms with Gasteiger partial charge in [0.2, 0.25) is 0 Å². The second-order valence-electron chi connectivity index (χ2n) is 6.97. The molecule has 31 heavy (non-hydrogen) atoms. The first-order valence-corrected chi connectivity index (χ1v) is 13.1. The predicted molar refractivity (Wildman–Crippen MR) is 116 cm³/mol. The molecule has 0 aromatic heterocycles. The summed E-state index contributed by atoms with van der Waals surface area (Å²) < 4.78 is 33.8. The van der Waals surface area contributed by atoms with Gasteiger partial charge >= 0.3 is 19.5 Å². The number of hydrogen-bond donors (Lipinski definition) is 0. The third-order valence-electron chi connectivity index (χ3n) is 4.02. The minimum absolute atomic E-state index is 0.0994. The van der Waals surface area contributed by atoms with Crippen LogP contribution in [0.4, 0.5) is 0 Å². The standard InChI is InChI=1S/C20H38ClO9P/c1-5-9-13-25-19(22)16-17(20(23)26-14-10-6-2)31(24,29-27-15-11-7-3)30-28-18(21)12-8-4/h17-18H,5-16H2,1-4H3. The average Bonchev–Trinajstić information content (AvgIpc) is 2.74. The summed E-state index contributed by atoms with van der Waals surface area (Å²) in [4.78, 5) is 34.9. The molecule has 0 aliphatic heterocycles. The fourth-order valence-electron chi connectivity index (χ4n) is 2.10. The van der Waals surface area contributed by atoms with E-state index in [1.54, 1.807) is 0 Å². The zero-order chi connectivity index (χ0) is 23.5. The van der Waals surface area contributed by atoms with Crippen molar-refractivity contribution in [1.82, 2.24) is 0 Å². The fraction of sp³-hybridized carbons (Fsp3) is 0.900. The van der Waals surface area contributed by atoms with Crippen molar-refractivity contribution in [3.8, 4) is 0 Å². The maximum atomic E-state index is 13.5. The second-order valence-corrected chi connectivity index (χ2v) is 9.46. The van der Waals surface area contributed by atoms with Crippen molar-refractivity contribution in [1.29, 1.82) is 0 Å². The smallest absolute Gasteiger partial charge is 0.398 e. The Morgan fingerprint density at radius 2 is 1.42 bits per heavy atom. The molecule has 0 N–H and O–H groups in total. The van der Waals surface area contributed by atoms with Gasteiger partial charge in [-0.2, -0.15) is 0 Å². The first-order valence-electron chi connectivity index (χ1n) is 11.1. The summed E-state index contributed by atoms with van der Waals surface area (Å²) in [6.07, 6.45) is 4.82. The summed E-state index contributed by atoms with van der Waals surface area (Å²) >= 11 is 5.98. The summed E-state index contributed by atoms with van der Waals surface area (Å²) in [6, 6.07) is 0. The van der Waals surface area contributed by atoms with E-state index in [-0.39, 0.29) is 19.8 Å². The van der Waals surface area contributed by atoms with E-state index >= 15 is 0 Å². The highest BCUT2D eigenvalue weighted by Gasteiger charge is 2.47. The normalized spacial score (nSPS) is 15.1. The van der Waals surface area contributed by atoms with E-state index in [1.165, 1.54) is 0 Å². The van der Waals surface area contributed by atoms with Crippen LogP contribution in [0.3, 0.4) is 0 Å². The average molecular weight is 489 g/mol. The largest absolute Gasteiger partial charge is 0.466 e. The summed E-state index contributed by atoms with van der Waals surface area (Å²) in [7, 11) is -4.45. The number of hydrogen-bond acceptors (Lipinski definition) is 9. The fourth-order valence-corrected chi connectivity index (χ4v) is 3.79. The van der Waals surface area contributed by atoms with Crippen LogP contribution >= 0.6 is 19.2 Å². The number of esters is 2. The lowest BCUT2D eigenvalue weighted by atomic mass is 10.3. The van der Waals surface area contributed by atoms with Crippen molar-refractivity contribution >= 4 is 31.1 Å². The maximum Gasteiger partial charge on any atom is 0.398 e. The van der Waals surface area contributed by atoms with Gasteiger partial charge in [-0.15, -0.1) is 9.35 Å². The van der Waals surface area contributed by atoms with Crippen LogP contribution in [0.1, 0.15) is 85.5 Å². The minimum Gasteiger partial charge on any atom is -0.466 e. The van der Waals surface area contributed by atoms with E-state index in [9.17, 15) is 14.2 Å². The summed E-state index contributed by atoms with van der Waals surface area (Å²) in [5, 5.41) is 0. The van der Waals surface area contributed by atoms with Crippen molar-refractivity contribution in [2.75, 3.05) is 19.8 Å². The number of carbonyl (C=O) groups is 2. The van der Waals surface area contributed by atoms with Crippen LogP contribution in [-0.4, -0.2) is 43.0 Å². The summed E-state index contributed by atoms with van der Waals surface area (Å²) in [6.45, 7) is 8.08. The van der Waals surface area contributed by atoms with Crippen LogP contribution in [0.5, 0.6) is 0 Å². The quantitative estimate of drug-likeness (QED) is 0.0533. The third-order valence-corrected chi connectivity index (χ3v) is 6.08. The third kappa shape index (κ3) is 14.1. The summed E-state index contributed by atoms with van der Waals surface area (Å²) in [5.41, 5.74) is -2.54. The van der Waals surface area contributed by atoms with Crippen molar-refractivity contribution in [2.45, 2.75) is 96.7 Å². The molecule has 9 nitrogen and oxygen atoms in total. The SMILES string of the molecule is CCCCOOP(=O)(OOC(Cl)CCC)C(CC(=O)OCCCC)C(=O)OCCCC. The Hall–Kier alpha value is -0.700. The van der Waals surface area contributed by atoms with Crippen LogP contribution in [0.2, 0.25) is 0 Å². The molecule has 184 valence electrons.